The molecule has 21 N–H and O–H groups in total. The first kappa shape index (κ1) is 69.8. The molecule has 84 heavy (non-hydrogen) atoms. The molecule has 0 aliphatic carbocycles. The zero-order valence-corrected chi connectivity index (χ0v) is 48.0. The number of aliphatic hydroxyl groups excluding tert-OH is 2. The number of guanidine groups is 1. The number of fused-ring (bicyclic) bond motifs is 1. The van der Waals surface area contributed by atoms with Crippen molar-refractivity contribution in [2.24, 2.45) is 39.8 Å². The fourth-order valence-corrected chi connectivity index (χ4v) is 9.06. The average Bonchev–Trinajstić information content (AvgIpc) is 3.41. The van der Waals surface area contributed by atoms with Gasteiger partial charge in [-0.1, -0.05) is 52.3 Å². The SMILES string of the molecule is CC[C@H](C)[C@H](NC(=O)[C@@H](N)CO)C(=O)N1CCC[C@H]1C(=O)N[C@@H](Cc1c[nH]c2ccccc12)C(=O)N[C@@H](CC(N)=O)C(=O)N[C@@H](CC(C)C)C(=O)N[C@@H](CCC(=O)O)C(=O)N[C@@H](CCCN=C(N)N)C(=O)N[C@@H](C)C(=O)N[C@H](C(=O)O)[C@@H](C)O. The Balaban J connectivity index is 1.96. The largest absolute Gasteiger partial charge is 0.481 e. The van der Waals surface area contributed by atoms with Crippen LogP contribution in [0.15, 0.2) is 35.5 Å². The Morgan fingerprint density at radius 3 is 1.87 bits per heavy atom. The van der Waals surface area contributed by atoms with Crippen molar-refractivity contribution < 1.29 is 78.0 Å². The number of aliphatic hydroxyl groups is 2. The number of hydrogen-bond acceptors (Lipinski definition) is 16. The summed E-state index contributed by atoms with van der Waals surface area (Å²) in [5.41, 5.74) is 23.4. The number of carboxylic acids is 2. The van der Waals surface area contributed by atoms with Crippen molar-refractivity contribution in [3.05, 3.63) is 36.0 Å². The van der Waals surface area contributed by atoms with E-state index in [0.717, 1.165) is 6.92 Å². The molecule has 0 saturated carbocycles. The van der Waals surface area contributed by atoms with Gasteiger partial charge < -0.3 is 95.8 Å². The minimum Gasteiger partial charge on any atom is -0.481 e. The van der Waals surface area contributed by atoms with Gasteiger partial charge in [0.15, 0.2) is 12.0 Å². The van der Waals surface area contributed by atoms with Crippen molar-refractivity contribution >= 4 is 87.9 Å². The second-order valence-electron chi connectivity index (χ2n) is 21.2. The van der Waals surface area contributed by atoms with E-state index in [2.05, 4.69) is 52.5 Å². The Labute approximate surface area is 484 Å². The van der Waals surface area contributed by atoms with E-state index in [4.69, 9.17) is 22.9 Å². The number of carboxylic acid groups (broad SMARTS) is 2. The van der Waals surface area contributed by atoms with E-state index in [0.29, 0.717) is 29.3 Å². The molecule has 466 valence electrons. The van der Waals surface area contributed by atoms with Gasteiger partial charge in [-0.3, -0.25) is 57.7 Å². The van der Waals surface area contributed by atoms with Crippen molar-refractivity contribution in [3.63, 3.8) is 0 Å². The van der Waals surface area contributed by atoms with Crippen molar-refractivity contribution in [3.8, 4) is 0 Å². The van der Waals surface area contributed by atoms with Crippen LogP contribution in [0.4, 0.5) is 0 Å². The Kier molecular flexibility index (Phi) is 27.9. The molecule has 10 amide bonds. The normalized spacial score (nSPS) is 17.0. The third kappa shape index (κ3) is 21.7. The van der Waals surface area contributed by atoms with E-state index in [1.54, 1.807) is 58.2 Å². The second kappa shape index (κ2) is 33.6. The number of hydrogen-bond donors (Lipinski definition) is 17. The summed E-state index contributed by atoms with van der Waals surface area (Å²) in [6.45, 7) is 8.54. The number of benzene rings is 1. The Morgan fingerprint density at radius 2 is 1.29 bits per heavy atom. The van der Waals surface area contributed by atoms with Crippen LogP contribution in [0.3, 0.4) is 0 Å². The van der Waals surface area contributed by atoms with Gasteiger partial charge in [0.1, 0.15) is 54.4 Å². The summed E-state index contributed by atoms with van der Waals surface area (Å²) in [7, 11) is 0. The van der Waals surface area contributed by atoms with Crippen LogP contribution in [-0.2, 0) is 64.0 Å². The maximum atomic E-state index is 14.6. The number of aliphatic carboxylic acids is 2. The van der Waals surface area contributed by atoms with Gasteiger partial charge >= 0.3 is 11.9 Å². The number of carbonyl (C=O) groups is 12. The molecule has 0 radical (unpaired) electrons. The monoisotopic (exact) mass is 1190 g/mol. The van der Waals surface area contributed by atoms with E-state index in [1.807, 2.05) is 0 Å². The number of aromatic amines is 1. The number of nitrogens with zero attached hydrogens (tertiary/aromatic N) is 2. The Bertz CT molecular complexity index is 2700. The van der Waals surface area contributed by atoms with E-state index in [-0.39, 0.29) is 57.1 Å². The molecule has 31 nitrogen and oxygen atoms in total. The maximum absolute atomic E-state index is 14.6. The minimum absolute atomic E-state index is 0.0400. The lowest BCUT2D eigenvalue weighted by atomic mass is 9.97. The fraction of sp³-hybridized carbons (Fsp3) is 0.604. The number of nitrogens with one attached hydrogen (secondary N) is 9. The van der Waals surface area contributed by atoms with Crippen LogP contribution in [0, 0.1) is 11.8 Å². The predicted molar refractivity (Wildman–Crippen MR) is 302 cm³/mol. The van der Waals surface area contributed by atoms with Crippen molar-refractivity contribution in [2.45, 2.75) is 172 Å². The molecule has 1 aliphatic heterocycles. The summed E-state index contributed by atoms with van der Waals surface area (Å²) in [5, 5.41) is 58.6. The van der Waals surface area contributed by atoms with Crippen LogP contribution >= 0.6 is 0 Å². The average molecular weight is 1190 g/mol. The molecule has 0 unspecified atom stereocenters. The third-order valence-corrected chi connectivity index (χ3v) is 13.9. The van der Waals surface area contributed by atoms with Crippen molar-refractivity contribution in [1.29, 1.82) is 0 Å². The first-order valence-corrected chi connectivity index (χ1v) is 27.6. The third-order valence-electron chi connectivity index (χ3n) is 13.9. The molecule has 2 heterocycles. The molecular formula is C53H83N15O16. The van der Waals surface area contributed by atoms with Gasteiger partial charge in [-0.05, 0) is 75.8 Å². The molecule has 3 rings (SSSR count). The summed E-state index contributed by atoms with van der Waals surface area (Å²) >= 11 is 0. The predicted octanol–water partition coefficient (Wildman–Crippen LogP) is -4.73. The molecule has 1 fully saturated rings. The lowest BCUT2D eigenvalue weighted by Gasteiger charge is -2.32. The molecule has 1 aromatic heterocycles. The van der Waals surface area contributed by atoms with Crippen LogP contribution in [0.1, 0.15) is 105 Å². The molecule has 12 atom stereocenters. The first-order valence-electron chi connectivity index (χ1n) is 27.6. The topological polar surface area (TPSA) is 517 Å². The van der Waals surface area contributed by atoms with Gasteiger partial charge in [0.2, 0.25) is 59.1 Å². The number of aromatic nitrogens is 1. The van der Waals surface area contributed by atoms with Crippen LogP contribution in [-0.4, -0.2) is 193 Å². The highest BCUT2D eigenvalue weighted by Crippen LogP contribution is 2.24. The smallest absolute Gasteiger partial charge is 0.328 e. The zero-order valence-electron chi connectivity index (χ0n) is 48.0. The molecule has 1 aliphatic rings. The number of rotatable bonds is 35. The summed E-state index contributed by atoms with van der Waals surface area (Å²) in [4.78, 5) is 170. The van der Waals surface area contributed by atoms with Crippen LogP contribution in [0.25, 0.3) is 10.9 Å². The Morgan fingerprint density at radius 1 is 0.714 bits per heavy atom. The van der Waals surface area contributed by atoms with Gasteiger partial charge in [0.25, 0.3) is 0 Å². The van der Waals surface area contributed by atoms with Crippen molar-refractivity contribution in [2.75, 3.05) is 19.7 Å². The van der Waals surface area contributed by atoms with E-state index in [1.165, 1.54) is 11.8 Å². The lowest BCUT2D eigenvalue weighted by molar-refractivity contribution is -0.145. The van der Waals surface area contributed by atoms with E-state index >= 15 is 0 Å². The Hall–Kier alpha value is -8.45. The molecule has 1 aromatic carbocycles. The van der Waals surface area contributed by atoms with Gasteiger partial charge in [-0.15, -0.1) is 0 Å². The highest BCUT2D eigenvalue weighted by Gasteiger charge is 2.42. The zero-order chi connectivity index (χ0) is 63.1. The van der Waals surface area contributed by atoms with E-state index in [9.17, 15) is 78.0 Å². The number of aliphatic imine (C=N–C) groups is 1. The van der Waals surface area contributed by atoms with Crippen LogP contribution < -0.4 is 65.5 Å². The molecule has 0 spiro atoms. The highest BCUT2D eigenvalue weighted by molar-refractivity contribution is 6.00. The quantitative estimate of drug-likeness (QED) is 0.0175. The summed E-state index contributed by atoms with van der Waals surface area (Å²) < 4.78 is 0. The van der Waals surface area contributed by atoms with Gasteiger partial charge in [-0.25, -0.2) is 4.79 Å². The van der Waals surface area contributed by atoms with Gasteiger partial charge in [0.05, 0.1) is 19.1 Å². The number of carbonyl (C=O) groups excluding carboxylic acids is 10. The molecule has 31 heteroatoms. The first-order chi connectivity index (χ1) is 39.5. The van der Waals surface area contributed by atoms with Gasteiger partial charge in [0, 0.05) is 43.0 Å². The standard InChI is InChI=1S/C53H83N15O16/c1-7-26(4)41(66-44(75)31(54)24-69)51(82)68-19-11-15-38(68)50(81)65-36(21-29-23-59-32-13-9-8-12-30(29)32)48(79)64-37(22-39(55)71)49(80)63-35(20-25(2)3)47(78)62-34(16-17-40(72)73)46(77)61-33(14-10-18-58-53(56)57)45(76)60-27(5)43(74)67-42(28(6)70)52(83)84/h8-9,12-13,23,25-28,31,33-38,41-42,59,69-70H,7,10-11,14-22,24,54H2,1-6H3,(H2,55,71)(H,60,76)(H,61,77)(H,62,78)(H,63,80)(H,64,79)(H,65,81)(H,66,75)(H,67,74)(H,72,73)(H,83,84)(H4,56,57,58)/t26-,27-,28+,31-,33-,34-,35-,36-,37-,38-,41-,42-/m0/s1. The maximum Gasteiger partial charge on any atom is 0.328 e. The molecule has 0 bridgehead atoms. The number of likely N-dealkylation sites (tertiary alicyclic amines) is 1. The molecular weight excluding hydrogens is 1100 g/mol. The minimum atomic E-state index is -1.81. The number of H-pyrrole nitrogens is 1. The number of amides is 10. The van der Waals surface area contributed by atoms with Crippen LogP contribution in [0.5, 0.6) is 0 Å². The fourth-order valence-electron chi connectivity index (χ4n) is 9.06. The molecule has 2 aromatic rings. The molecule has 1 saturated heterocycles. The number of primary amides is 1. The second-order valence-corrected chi connectivity index (χ2v) is 21.2. The van der Waals surface area contributed by atoms with Crippen molar-refractivity contribution in [1.82, 2.24) is 52.4 Å². The summed E-state index contributed by atoms with van der Waals surface area (Å²) in [6, 6.07) is -7.87. The van der Waals surface area contributed by atoms with Gasteiger partial charge in [-0.2, -0.15) is 0 Å². The highest BCUT2D eigenvalue weighted by atomic mass is 16.4. The lowest BCUT2D eigenvalue weighted by Crippen LogP contribution is -2.61. The summed E-state index contributed by atoms with van der Waals surface area (Å²) in [5.74, 6) is -13.6. The number of nitrogens with two attached hydrogens (primary N) is 4. The summed E-state index contributed by atoms with van der Waals surface area (Å²) in [6.07, 6.45) is -1.62. The van der Waals surface area contributed by atoms with E-state index < -0.39 is 169 Å². The van der Waals surface area contributed by atoms with Crippen LogP contribution in [0.2, 0.25) is 0 Å². The number of para-hydroxylation sites is 1.